The fourth-order valence-corrected chi connectivity index (χ4v) is 8.36. The van der Waals surface area contributed by atoms with E-state index in [0.717, 1.165) is 16.7 Å². The molecule has 0 bridgehead atoms. The van der Waals surface area contributed by atoms with Gasteiger partial charge in [0, 0.05) is 61.9 Å². The van der Waals surface area contributed by atoms with E-state index in [4.69, 9.17) is 5.11 Å². The molecule has 1 amide bonds. The minimum absolute atomic E-state index is 0.00113. The monoisotopic (exact) mass is 950 g/mol. The predicted molar refractivity (Wildman–Crippen MR) is 280 cm³/mol. The average molecular weight is 950 g/mol. The first-order valence-electron chi connectivity index (χ1n) is 24.5. The van der Waals surface area contributed by atoms with Crippen molar-refractivity contribution in [2.75, 3.05) is 13.1 Å². The molecule has 0 saturated carbocycles. The molecule has 5 aromatic rings. The van der Waals surface area contributed by atoms with Gasteiger partial charge in [0.2, 0.25) is 5.91 Å². The summed E-state index contributed by atoms with van der Waals surface area (Å²) in [5, 5.41) is 20.5. The highest BCUT2D eigenvalue weighted by molar-refractivity contribution is 5.99. The van der Waals surface area contributed by atoms with Crippen molar-refractivity contribution in [3.63, 3.8) is 0 Å². The lowest BCUT2D eigenvalue weighted by Gasteiger charge is -2.42. The minimum Gasteiger partial charge on any atom is -0.481 e. The number of piperidine rings is 1. The molecule has 9 heteroatoms. The lowest BCUT2D eigenvalue weighted by atomic mass is 9.72. The van der Waals surface area contributed by atoms with Crippen molar-refractivity contribution in [2.24, 2.45) is 5.92 Å². The van der Waals surface area contributed by atoms with Crippen molar-refractivity contribution < 1.29 is 39.0 Å². The molecule has 0 aliphatic carbocycles. The van der Waals surface area contributed by atoms with E-state index in [2.05, 4.69) is 62.3 Å². The van der Waals surface area contributed by atoms with Crippen LogP contribution in [0.5, 0.6) is 0 Å². The number of carboxylic acid groups (broad SMARTS) is 1. The summed E-state index contributed by atoms with van der Waals surface area (Å²) in [5.41, 5.74) is 6.33. The molecule has 2 N–H and O–H groups in total. The number of carbonyl (C=O) groups excluding carboxylic acids is 5. The van der Waals surface area contributed by atoms with Crippen LogP contribution in [0.25, 0.3) is 0 Å². The van der Waals surface area contributed by atoms with Crippen LogP contribution in [-0.4, -0.2) is 63.2 Å². The third kappa shape index (κ3) is 16.7. The lowest BCUT2D eigenvalue weighted by Crippen LogP contribution is -2.46. The molecule has 1 aliphatic rings. The van der Waals surface area contributed by atoms with Crippen molar-refractivity contribution in [3.8, 4) is 0 Å². The van der Waals surface area contributed by atoms with E-state index < -0.39 is 11.6 Å². The number of benzene rings is 5. The van der Waals surface area contributed by atoms with E-state index in [0.29, 0.717) is 55.5 Å². The van der Waals surface area contributed by atoms with Crippen LogP contribution in [0.2, 0.25) is 0 Å². The fourth-order valence-electron chi connectivity index (χ4n) is 8.36. The highest BCUT2D eigenvalue weighted by atomic mass is 16.4. The molecule has 0 unspecified atom stereocenters. The van der Waals surface area contributed by atoms with Gasteiger partial charge in [-0.05, 0) is 69.7 Å². The molecule has 1 fully saturated rings. The summed E-state index contributed by atoms with van der Waals surface area (Å²) >= 11 is 0. The van der Waals surface area contributed by atoms with Gasteiger partial charge in [0.15, 0.2) is 17.3 Å². The molecule has 1 aliphatic heterocycles. The van der Waals surface area contributed by atoms with Crippen LogP contribution in [0.4, 0.5) is 0 Å². The Balaban J connectivity index is 0.000000261. The van der Waals surface area contributed by atoms with Crippen molar-refractivity contribution in [2.45, 2.75) is 142 Å². The molecular formula is C61H75NO8. The van der Waals surface area contributed by atoms with Gasteiger partial charge in [0.25, 0.3) is 0 Å². The van der Waals surface area contributed by atoms with Gasteiger partial charge in [-0.2, -0.15) is 0 Å². The van der Waals surface area contributed by atoms with Crippen molar-refractivity contribution >= 4 is 35.0 Å². The molecule has 0 atom stereocenters. The van der Waals surface area contributed by atoms with E-state index in [1.54, 1.807) is 12.1 Å². The number of carboxylic acids is 1. The first-order valence-corrected chi connectivity index (χ1v) is 24.5. The maximum absolute atomic E-state index is 12.9. The molecule has 5 aromatic carbocycles. The van der Waals surface area contributed by atoms with Crippen molar-refractivity contribution in [1.29, 1.82) is 0 Å². The molecule has 1 saturated heterocycles. The summed E-state index contributed by atoms with van der Waals surface area (Å²) in [5.74, 6) is -0.950. The lowest BCUT2D eigenvalue weighted by molar-refractivity contribution is -0.137. The quantitative estimate of drug-likeness (QED) is 0.0987. The fraction of sp³-hybridized carbons (Fsp3) is 0.410. The number of carbonyl (C=O) groups is 6. The van der Waals surface area contributed by atoms with E-state index >= 15 is 0 Å². The number of hydrogen-bond acceptors (Lipinski definition) is 7. The van der Waals surface area contributed by atoms with E-state index in [1.165, 1.54) is 18.1 Å². The summed E-state index contributed by atoms with van der Waals surface area (Å²) in [6, 6.07) is 42.4. The van der Waals surface area contributed by atoms with E-state index in [1.807, 2.05) is 126 Å². The number of aliphatic carboxylic acids is 1. The Kier molecular flexibility index (Phi) is 20.1. The van der Waals surface area contributed by atoms with Crippen LogP contribution in [0, 0.1) is 5.92 Å². The molecule has 0 radical (unpaired) electrons. The Labute approximate surface area is 416 Å². The third-order valence-electron chi connectivity index (χ3n) is 12.9. The summed E-state index contributed by atoms with van der Waals surface area (Å²) in [6.07, 6.45) is 2.42. The van der Waals surface area contributed by atoms with Crippen LogP contribution in [0.3, 0.4) is 0 Å². The summed E-state index contributed by atoms with van der Waals surface area (Å²) in [4.78, 5) is 72.0. The predicted octanol–water partition coefficient (Wildman–Crippen LogP) is 12.7. The van der Waals surface area contributed by atoms with Gasteiger partial charge in [0.05, 0.1) is 6.42 Å². The maximum Gasteiger partial charge on any atom is 0.303 e. The average Bonchev–Trinajstić information content (AvgIpc) is 3.34. The van der Waals surface area contributed by atoms with Gasteiger partial charge in [-0.25, -0.2) is 0 Å². The van der Waals surface area contributed by atoms with Crippen LogP contribution in [0.1, 0.15) is 179 Å². The number of rotatable bonds is 15. The first-order chi connectivity index (χ1) is 32.8. The molecule has 0 spiro atoms. The van der Waals surface area contributed by atoms with Gasteiger partial charge >= 0.3 is 5.97 Å². The van der Waals surface area contributed by atoms with Crippen molar-refractivity contribution in [3.05, 3.63) is 178 Å². The third-order valence-corrected chi connectivity index (χ3v) is 12.9. The number of ketones is 4. The Hall–Kier alpha value is -6.32. The maximum atomic E-state index is 12.9. The summed E-state index contributed by atoms with van der Waals surface area (Å²) in [7, 11) is 0. The molecule has 1 heterocycles. The zero-order valence-electron chi connectivity index (χ0n) is 43.1. The van der Waals surface area contributed by atoms with Crippen LogP contribution < -0.4 is 0 Å². The molecule has 0 aromatic heterocycles. The van der Waals surface area contributed by atoms with Gasteiger partial charge in [0.1, 0.15) is 11.4 Å². The Morgan fingerprint density at radius 2 is 0.757 bits per heavy atom. The Morgan fingerprint density at radius 1 is 0.443 bits per heavy atom. The van der Waals surface area contributed by atoms with Crippen LogP contribution in [0.15, 0.2) is 133 Å². The van der Waals surface area contributed by atoms with Gasteiger partial charge in [-0.15, -0.1) is 0 Å². The number of likely N-dealkylation sites (tertiary alicyclic amines) is 1. The molecule has 6 rings (SSSR count). The smallest absolute Gasteiger partial charge is 0.303 e. The molecule has 372 valence electrons. The summed E-state index contributed by atoms with van der Waals surface area (Å²) in [6.45, 7) is 21.8. The van der Waals surface area contributed by atoms with E-state index in [9.17, 15) is 33.9 Å². The second-order valence-corrected chi connectivity index (χ2v) is 21.5. The normalized spacial score (nSPS) is 13.2. The molecular weight excluding hydrogens is 875 g/mol. The minimum atomic E-state index is -1.10. The van der Waals surface area contributed by atoms with Gasteiger partial charge < -0.3 is 19.9 Å². The topological polar surface area (TPSA) is 146 Å². The summed E-state index contributed by atoms with van der Waals surface area (Å²) < 4.78 is 0. The highest BCUT2D eigenvalue weighted by Crippen LogP contribution is 2.42. The van der Waals surface area contributed by atoms with Gasteiger partial charge in [-0.3, -0.25) is 24.0 Å². The Bertz CT molecular complexity index is 2380. The highest BCUT2D eigenvalue weighted by Gasteiger charge is 2.42. The number of aliphatic hydroxyl groups is 1. The van der Waals surface area contributed by atoms with E-state index in [-0.39, 0.29) is 76.9 Å². The SMILES string of the molecule is CC(=O)CCC(=O)c1ccc(C(C)(C)C)cc1.CC(C)(C)c1ccc(C(=O)CCC(=O)N2CCC(C(O)(c3ccccc3)c3ccccc3)CC2)cc1.CC(C)(C)c1ccc(C(=O)CCC(=O)O)cc1. The zero-order valence-corrected chi connectivity index (χ0v) is 43.1. The largest absolute Gasteiger partial charge is 0.481 e. The molecule has 70 heavy (non-hydrogen) atoms. The Morgan fingerprint density at radius 3 is 1.06 bits per heavy atom. The van der Waals surface area contributed by atoms with Crippen molar-refractivity contribution in [1.82, 2.24) is 4.90 Å². The zero-order chi connectivity index (χ0) is 51.9. The van der Waals surface area contributed by atoms with Crippen LogP contribution >= 0.6 is 0 Å². The first kappa shape index (κ1) is 56.3. The van der Waals surface area contributed by atoms with Gasteiger partial charge in [-0.1, -0.05) is 196 Å². The second-order valence-electron chi connectivity index (χ2n) is 21.5. The number of amides is 1. The second kappa shape index (κ2) is 25.0. The number of Topliss-reactive ketones (excluding diaryl/α,β-unsaturated/α-hetero) is 4. The number of nitrogens with zero attached hydrogens (tertiary/aromatic N) is 1. The van der Waals surface area contributed by atoms with Crippen LogP contribution in [-0.2, 0) is 36.2 Å². The molecule has 9 nitrogen and oxygen atoms in total. The standard InChI is InChI=1S/C32H37NO3.C15H20O2.C14H18O3/c1-31(2,3)25-16-14-24(15-17-25)29(34)18-19-30(35)33-22-20-28(21-23-33)32(36,26-10-6-4-7-11-26)27-12-8-5-9-13-27;1-11(16)5-10-14(17)12-6-8-13(9-7-12)15(2,3)4;1-14(2,3)11-6-4-10(5-7-11)12(15)8-9-13(16)17/h4-17,28,36H,18-23H2,1-3H3;6-9H,5,10H2,1-4H3;4-7H,8-9H2,1-3H3,(H,16,17). The number of hydrogen-bond donors (Lipinski definition) is 2.